The number of nitro groups is 1. The molecule has 2 aliphatic rings. The van der Waals surface area contributed by atoms with E-state index in [2.05, 4.69) is 11.6 Å². The number of cyclic esters (lactones) is 1. The average Bonchev–Trinajstić information content (AvgIpc) is 3.17. The van der Waals surface area contributed by atoms with E-state index in [0.717, 1.165) is 6.08 Å². The van der Waals surface area contributed by atoms with Crippen molar-refractivity contribution in [1.82, 2.24) is 9.55 Å². The molecule has 0 aliphatic carbocycles. The number of benzene rings is 1. The normalized spacial score (nSPS) is 18.2. The van der Waals surface area contributed by atoms with Crippen LogP contribution in [-0.4, -0.2) is 26.4 Å². The number of ether oxygens (including phenoxy) is 2. The van der Waals surface area contributed by atoms with Gasteiger partial charge in [-0.15, -0.1) is 0 Å². The first kappa shape index (κ1) is 20.6. The van der Waals surface area contributed by atoms with Gasteiger partial charge in [0.05, 0.1) is 39.3 Å². The highest BCUT2D eigenvalue weighted by Gasteiger charge is 2.50. The zero-order valence-corrected chi connectivity index (χ0v) is 17.5. The Morgan fingerprint density at radius 3 is 2.88 bits per heavy atom. The molecule has 4 heterocycles. The first-order chi connectivity index (χ1) is 15.8. The third kappa shape index (κ3) is 2.80. The van der Waals surface area contributed by atoms with Gasteiger partial charge in [-0.2, -0.15) is 0 Å². The second-order valence-corrected chi connectivity index (χ2v) is 7.79. The van der Waals surface area contributed by atoms with Crippen molar-refractivity contribution in [3.05, 3.63) is 80.1 Å². The number of carbonyl (C=O) groups is 2. The molecule has 0 spiro atoms. The van der Waals surface area contributed by atoms with Gasteiger partial charge in [0.2, 0.25) is 5.60 Å². The zero-order chi connectivity index (χ0) is 23.5. The zero-order valence-electron chi connectivity index (χ0n) is 17.5. The van der Waals surface area contributed by atoms with Crippen LogP contribution in [0.2, 0.25) is 0 Å². The Kier molecular flexibility index (Phi) is 4.42. The van der Waals surface area contributed by atoms with Gasteiger partial charge in [0.1, 0.15) is 6.61 Å². The lowest BCUT2D eigenvalue weighted by molar-refractivity contribution is -0.383. The number of pyridine rings is 2. The molecule has 0 radical (unpaired) electrons. The lowest BCUT2D eigenvalue weighted by Gasteiger charge is -2.35. The molecule has 0 amide bonds. The fourth-order valence-electron chi connectivity index (χ4n) is 4.52. The highest BCUT2D eigenvalue weighted by Crippen LogP contribution is 2.41. The Hall–Kier alpha value is -4.34. The molecule has 1 atom stereocenters. The van der Waals surface area contributed by atoms with Gasteiger partial charge in [-0.25, -0.2) is 14.6 Å². The van der Waals surface area contributed by atoms with Crippen LogP contribution in [0.3, 0.4) is 0 Å². The molecular formula is C23H17N3O7. The Balaban J connectivity index is 1.77. The van der Waals surface area contributed by atoms with E-state index in [1.54, 1.807) is 31.2 Å². The van der Waals surface area contributed by atoms with Gasteiger partial charge in [0.15, 0.2) is 0 Å². The summed E-state index contributed by atoms with van der Waals surface area (Å²) in [5.41, 5.74) is 0.138. The van der Waals surface area contributed by atoms with E-state index in [0.29, 0.717) is 27.9 Å². The molecule has 10 heteroatoms. The molecule has 5 rings (SSSR count). The highest BCUT2D eigenvalue weighted by atomic mass is 16.6. The number of nitrogens with zero attached hydrogens (tertiary/aromatic N) is 3. The Morgan fingerprint density at radius 2 is 2.18 bits per heavy atom. The maximum Gasteiger partial charge on any atom is 0.355 e. The van der Waals surface area contributed by atoms with Crippen LogP contribution in [-0.2, 0) is 37.8 Å². The molecule has 0 unspecified atom stereocenters. The summed E-state index contributed by atoms with van der Waals surface area (Å²) in [6.07, 6.45) is 0.987. The molecule has 0 N–H and O–H groups in total. The number of aromatic nitrogens is 2. The molecule has 0 fully saturated rings. The number of non-ortho nitro benzene ring substituents is 1. The van der Waals surface area contributed by atoms with Crippen LogP contribution in [0.1, 0.15) is 30.0 Å². The first-order valence-electron chi connectivity index (χ1n) is 10.2. The minimum atomic E-state index is -1.79. The van der Waals surface area contributed by atoms with Crippen LogP contribution >= 0.6 is 0 Å². The first-order valence-corrected chi connectivity index (χ1v) is 10.2. The molecule has 2 aliphatic heterocycles. The molecule has 10 nitrogen and oxygen atoms in total. The topological polar surface area (TPSA) is 131 Å². The minimum Gasteiger partial charge on any atom is -0.457 e. The van der Waals surface area contributed by atoms with Gasteiger partial charge in [0, 0.05) is 23.3 Å². The summed E-state index contributed by atoms with van der Waals surface area (Å²) in [5.74, 6) is -1.59. The largest absolute Gasteiger partial charge is 0.457 e. The molecule has 33 heavy (non-hydrogen) atoms. The van der Waals surface area contributed by atoms with Crippen LogP contribution in [0.5, 0.6) is 0 Å². The van der Waals surface area contributed by atoms with Crippen molar-refractivity contribution in [2.75, 3.05) is 0 Å². The summed E-state index contributed by atoms with van der Waals surface area (Å²) in [6, 6.07) is 7.88. The van der Waals surface area contributed by atoms with Gasteiger partial charge in [0.25, 0.3) is 11.2 Å². The van der Waals surface area contributed by atoms with Crippen molar-refractivity contribution in [1.29, 1.82) is 0 Å². The van der Waals surface area contributed by atoms with Crippen LogP contribution in [0.15, 0.2) is 47.8 Å². The number of carbonyl (C=O) groups excluding carboxylic acids is 2. The summed E-state index contributed by atoms with van der Waals surface area (Å²) < 4.78 is 12.2. The van der Waals surface area contributed by atoms with Crippen molar-refractivity contribution in [3.8, 4) is 11.4 Å². The van der Waals surface area contributed by atoms with E-state index < -0.39 is 28.0 Å². The van der Waals surface area contributed by atoms with Crippen LogP contribution in [0, 0.1) is 10.1 Å². The number of esters is 2. The van der Waals surface area contributed by atoms with Crippen LogP contribution in [0.25, 0.3) is 22.3 Å². The minimum absolute atomic E-state index is 0.0471. The molecule has 0 bridgehead atoms. The molecule has 0 saturated heterocycles. The molecule has 1 aromatic carbocycles. The third-order valence-corrected chi connectivity index (χ3v) is 6.13. The average molecular weight is 447 g/mol. The molecule has 2 aromatic heterocycles. The molecule has 3 aromatic rings. The van der Waals surface area contributed by atoms with Crippen molar-refractivity contribution < 1.29 is 24.0 Å². The second kappa shape index (κ2) is 7.09. The second-order valence-electron chi connectivity index (χ2n) is 7.79. The van der Waals surface area contributed by atoms with Gasteiger partial charge < -0.3 is 14.0 Å². The Bertz CT molecular complexity index is 1470. The van der Waals surface area contributed by atoms with Crippen molar-refractivity contribution in [2.24, 2.45) is 0 Å². The third-order valence-electron chi connectivity index (χ3n) is 6.13. The standard InChI is InChI=1S/C23H17N3O7/c1-3-19(27)33-23(4-2)15-9-18-20-12(10-25(18)21(28)14(15)11-32-22(23)29)8-13-16(24-20)6-5-7-17(13)26(30)31/h3,5-9H,1,4,10-11H2,2H3/t23-/m0/s1. The molecule has 0 saturated carbocycles. The summed E-state index contributed by atoms with van der Waals surface area (Å²) in [4.78, 5) is 53.8. The highest BCUT2D eigenvalue weighted by molar-refractivity contribution is 5.92. The van der Waals surface area contributed by atoms with Crippen LogP contribution in [0.4, 0.5) is 5.69 Å². The number of fused-ring (bicyclic) bond motifs is 5. The van der Waals surface area contributed by atoms with E-state index in [9.17, 15) is 24.5 Å². The summed E-state index contributed by atoms with van der Waals surface area (Å²) in [7, 11) is 0. The van der Waals surface area contributed by atoms with E-state index in [1.165, 1.54) is 10.6 Å². The Labute approximate surface area is 186 Å². The summed E-state index contributed by atoms with van der Waals surface area (Å²) in [6.45, 7) is 4.93. The SMILES string of the molecule is C=CC(=O)O[C@]1(CC)C(=O)OCc2c1cc1n(c2=O)Cc2cc3c([N+](=O)[O-])cccc3nc2-1. The van der Waals surface area contributed by atoms with Crippen molar-refractivity contribution in [3.63, 3.8) is 0 Å². The summed E-state index contributed by atoms with van der Waals surface area (Å²) in [5, 5.41) is 11.8. The van der Waals surface area contributed by atoms with Gasteiger partial charge >= 0.3 is 11.9 Å². The maximum absolute atomic E-state index is 13.4. The van der Waals surface area contributed by atoms with Gasteiger partial charge in [-0.3, -0.25) is 14.9 Å². The number of rotatable bonds is 4. The van der Waals surface area contributed by atoms with E-state index >= 15 is 0 Å². The smallest absolute Gasteiger partial charge is 0.355 e. The lowest BCUT2D eigenvalue weighted by Crippen LogP contribution is -2.47. The summed E-state index contributed by atoms with van der Waals surface area (Å²) >= 11 is 0. The molecule has 166 valence electrons. The van der Waals surface area contributed by atoms with E-state index in [4.69, 9.17) is 9.47 Å². The quantitative estimate of drug-likeness (QED) is 0.202. The predicted octanol–water partition coefficient (Wildman–Crippen LogP) is 2.72. The van der Waals surface area contributed by atoms with Crippen molar-refractivity contribution in [2.45, 2.75) is 32.1 Å². The lowest BCUT2D eigenvalue weighted by atomic mass is 9.85. The van der Waals surface area contributed by atoms with Crippen molar-refractivity contribution >= 4 is 28.5 Å². The van der Waals surface area contributed by atoms with E-state index in [1.807, 2.05) is 0 Å². The fraction of sp³-hybridized carbons (Fsp3) is 0.217. The monoisotopic (exact) mass is 447 g/mol. The van der Waals surface area contributed by atoms with E-state index in [-0.39, 0.29) is 36.4 Å². The van der Waals surface area contributed by atoms with Gasteiger partial charge in [-0.05, 0) is 24.6 Å². The Morgan fingerprint density at radius 1 is 1.39 bits per heavy atom. The number of nitro benzene ring substituents is 1. The maximum atomic E-state index is 13.4. The number of hydrogen-bond donors (Lipinski definition) is 0. The predicted molar refractivity (Wildman–Crippen MR) is 115 cm³/mol. The number of hydrogen-bond acceptors (Lipinski definition) is 8. The molecular weight excluding hydrogens is 430 g/mol. The fourth-order valence-corrected chi connectivity index (χ4v) is 4.52. The van der Waals surface area contributed by atoms with Crippen LogP contribution < -0.4 is 5.56 Å². The van der Waals surface area contributed by atoms with Gasteiger partial charge in [-0.1, -0.05) is 19.6 Å².